The highest BCUT2D eigenvalue weighted by Crippen LogP contribution is 2.34. The number of quaternary nitrogens is 1. The number of likely N-dealkylation sites (N-methyl/N-ethyl adjacent to an activating group) is 1. The van der Waals surface area contributed by atoms with Gasteiger partial charge in [-0.1, -0.05) is 83.7 Å². The largest absolute Gasteiger partial charge is 0.491 e. The van der Waals surface area contributed by atoms with Crippen LogP contribution in [0.5, 0.6) is 5.75 Å². The van der Waals surface area contributed by atoms with E-state index in [9.17, 15) is 0 Å². The topological polar surface area (TPSA) is 18.5 Å². The minimum absolute atomic E-state index is 0.625. The average Bonchev–Trinajstić information content (AvgIpc) is 2.91. The fourth-order valence-corrected chi connectivity index (χ4v) is 5.31. The molecule has 0 fully saturated rings. The van der Waals surface area contributed by atoms with Gasteiger partial charge in [-0.2, -0.15) is 0 Å². The monoisotopic (exact) mass is 524 g/mol. The zero-order valence-corrected chi connectivity index (χ0v) is 25.7. The second-order valence-electron chi connectivity index (χ2n) is 11.6. The Morgan fingerprint density at radius 1 is 0.632 bits per heavy atom. The summed E-state index contributed by atoms with van der Waals surface area (Å²) in [5, 5.41) is 0. The molecule has 0 heterocycles. The molecule has 2 aromatic rings. The number of ether oxygens (including phenoxy) is 2. The van der Waals surface area contributed by atoms with Gasteiger partial charge in [0.25, 0.3) is 0 Å². The Labute approximate surface area is 235 Å². The van der Waals surface area contributed by atoms with Gasteiger partial charge < -0.3 is 14.0 Å². The summed E-state index contributed by atoms with van der Waals surface area (Å²) < 4.78 is 13.5. The molecule has 0 aliphatic carbocycles. The molecule has 0 N–H and O–H groups in total. The van der Waals surface area contributed by atoms with Crippen LogP contribution in [-0.2, 0) is 37.0 Å². The lowest BCUT2D eigenvalue weighted by atomic mass is 9.85. The van der Waals surface area contributed by atoms with Crippen molar-refractivity contribution in [3.8, 4) is 5.75 Å². The Morgan fingerprint density at radius 3 is 1.84 bits per heavy atom. The average molecular weight is 525 g/mol. The lowest BCUT2D eigenvalue weighted by Crippen LogP contribution is -2.41. The molecule has 2 aromatic carbocycles. The fraction of sp³-hybridized carbons (Fsp3) is 0.657. The lowest BCUT2D eigenvalue weighted by Gasteiger charge is -2.29. The Balaban J connectivity index is 2.08. The standard InChI is InChI=1S/C35H58NO2/c1-7-11-20-31-28-35(34(23-14-10-4)33(22-13-9-3)32(31)21-12-8-2)38-27-26-37-25-24-36(5,6)29-30-18-16-15-17-19-30/h15-19,28H,7-14,20-27,29H2,1-6H3/q+1. The fourth-order valence-electron chi connectivity index (χ4n) is 5.31. The van der Waals surface area contributed by atoms with Crippen molar-refractivity contribution in [2.24, 2.45) is 0 Å². The molecule has 214 valence electrons. The van der Waals surface area contributed by atoms with E-state index in [1.165, 1.54) is 81.8 Å². The molecule has 2 rings (SSSR count). The van der Waals surface area contributed by atoms with Crippen molar-refractivity contribution < 1.29 is 14.0 Å². The Hall–Kier alpha value is -1.84. The number of unbranched alkanes of at least 4 members (excludes halogenated alkanes) is 4. The molecule has 3 heteroatoms. The molecule has 0 amide bonds. The first kappa shape index (κ1) is 32.4. The van der Waals surface area contributed by atoms with Gasteiger partial charge in [-0.15, -0.1) is 0 Å². The minimum atomic E-state index is 0.625. The molecule has 0 atom stereocenters. The summed E-state index contributed by atoms with van der Waals surface area (Å²) in [7, 11) is 4.56. The number of aryl methyl sites for hydroxylation is 1. The van der Waals surface area contributed by atoms with E-state index in [2.05, 4.69) is 78.2 Å². The first-order valence-electron chi connectivity index (χ1n) is 15.7. The van der Waals surface area contributed by atoms with E-state index in [0.717, 1.165) is 36.3 Å². The van der Waals surface area contributed by atoms with Crippen LogP contribution < -0.4 is 4.74 Å². The van der Waals surface area contributed by atoms with Crippen molar-refractivity contribution in [2.75, 3.05) is 40.5 Å². The summed E-state index contributed by atoms with van der Waals surface area (Å²) in [5.74, 6) is 1.14. The van der Waals surface area contributed by atoms with Crippen LogP contribution in [0.15, 0.2) is 36.4 Å². The molecule has 0 saturated carbocycles. The quantitative estimate of drug-likeness (QED) is 0.120. The highest BCUT2D eigenvalue weighted by atomic mass is 16.5. The second kappa shape index (κ2) is 18.4. The predicted octanol–water partition coefficient (Wildman–Crippen LogP) is 8.73. The van der Waals surface area contributed by atoms with Crippen molar-refractivity contribution in [3.63, 3.8) is 0 Å². The van der Waals surface area contributed by atoms with Gasteiger partial charge in [-0.25, -0.2) is 0 Å². The van der Waals surface area contributed by atoms with Crippen molar-refractivity contribution in [1.82, 2.24) is 0 Å². The van der Waals surface area contributed by atoms with Gasteiger partial charge in [0.2, 0.25) is 0 Å². The molecule has 0 bridgehead atoms. The van der Waals surface area contributed by atoms with Gasteiger partial charge in [0, 0.05) is 5.56 Å². The summed E-state index contributed by atoms with van der Waals surface area (Å²) in [6.45, 7) is 13.3. The predicted molar refractivity (Wildman–Crippen MR) is 164 cm³/mol. The molecule has 0 spiro atoms. The van der Waals surface area contributed by atoms with Gasteiger partial charge in [-0.05, 0) is 79.7 Å². The van der Waals surface area contributed by atoms with Gasteiger partial charge in [0.1, 0.15) is 25.4 Å². The molecule has 3 nitrogen and oxygen atoms in total. The van der Waals surface area contributed by atoms with E-state index in [1.807, 2.05) is 0 Å². The maximum Gasteiger partial charge on any atom is 0.123 e. The highest BCUT2D eigenvalue weighted by Gasteiger charge is 2.19. The second-order valence-corrected chi connectivity index (χ2v) is 11.6. The number of hydrogen-bond donors (Lipinski definition) is 0. The lowest BCUT2D eigenvalue weighted by molar-refractivity contribution is -0.904. The number of nitrogens with zero attached hydrogens (tertiary/aromatic N) is 1. The van der Waals surface area contributed by atoms with Crippen LogP contribution in [0.1, 0.15) is 107 Å². The molecular formula is C35H58NO2+. The van der Waals surface area contributed by atoms with Crippen LogP contribution in [0.4, 0.5) is 0 Å². The molecular weight excluding hydrogens is 466 g/mol. The van der Waals surface area contributed by atoms with Crippen molar-refractivity contribution in [3.05, 3.63) is 64.2 Å². The number of rotatable bonds is 21. The Kier molecular flexibility index (Phi) is 15.7. The first-order valence-corrected chi connectivity index (χ1v) is 15.7. The SMILES string of the molecule is CCCCc1cc(OCCOCC[N+](C)(C)Cc2ccccc2)c(CCCC)c(CCCC)c1CCCC. The van der Waals surface area contributed by atoms with Gasteiger partial charge in [0.15, 0.2) is 0 Å². The summed E-state index contributed by atoms with van der Waals surface area (Å²) >= 11 is 0. The molecule has 0 saturated heterocycles. The van der Waals surface area contributed by atoms with Crippen LogP contribution in [0.25, 0.3) is 0 Å². The van der Waals surface area contributed by atoms with E-state index >= 15 is 0 Å². The van der Waals surface area contributed by atoms with E-state index in [1.54, 1.807) is 16.7 Å². The zero-order valence-electron chi connectivity index (χ0n) is 25.7. The Bertz CT molecular complexity index is 891. The van der Waals surface area contributed by atoms with Gasteiger partial charge in [0.05, 0.1) is 27.3 Å². The van der Waals surface area contributed by atoms with Crippen molar-refractivity contribution >= 4 is 0 Å². The smallest absolute Gasteiger partial charge is 0.123 e. The molecule has 38 heavy (non-hydrogen) atoms. The highest BCUT2D eigenvalue weighted by molar-refractivity contribution is 5.50. The molecule has 0 aliphatic heterocycles. The summed E-state index contributed by atoms with van der Waals surface area (Å²) in [4.78, 5) is 0. The van der Waals surface area contributed by atoms with Crippen LogP contribution in [0.2, 0.25) is 0 Å². The van der Waals surface area contributed by atoms with E-state index < -0.39 is 0 Å². The maximum atomic E-state index is 6.53. The third-order valence-electron chi connectivity index (χ3n) is 7.64. The molecule has 0 unspecified atom stereocenters. The first-order chi connectivity index (χ1) is 18.5. The third-order valence-corrected chi connectivity index (χ3v) is 7.64. The van der Waals surface area contributed by atoms with E-state index in [-0.39, 0.29) is 0 Å². The molecule has 0 aromatic heterocycles. The molecule has 0 radical (unpaired) electrons. The van der Waals surface area contributed by atoms with Crippen LogP contribution in [0, 0.1) is 0 Å². The van der Waals surface area contributed by atoms with Crippen molar-refractivity contribution in [2.45, 2.75) is 111 Å². The molecule has 0 aliphatic rings. The van der Waals surface area contributed by atoms with Gasteiger partial charge in [-0.3, -0.25) is 0 Å². The van der Waals surface area contributed by atoms with Crippen LogP contribution >= 0.6 is 0 Å². The number of benzene rings is 2. The summed E-state index contributed by atoms with van der Waals surface area (Å²) in [6, 6.07) is 13.2. The normalized spacial score (nSPS) is 11.7. The zero-order chi connectivity index (χ0) is 27.6. The minimum Gasteiger partial charge on any atom is -0.491 e. The third kappa shape index (κ3) is 11.5. The van der Waals surface area contributed by atoms with Gasteiger partial charge >= 0.3 is 0 Å². The van der Waals surface area contributed by atoms with Crippen LogP contribution in [-0.4, -0.2) is 44.9 Å². The van der Waals surface area contributed by atoms with Crippen LogP contribution in [0.3, 0.4) is 0 Å². The van der Waals surface area contributed by atoms with E-state index in [4.69, 9.17) is 9.47 Å². The summed E-state index contributed by atoms with van der Waals surface area (Å²) in [5.41, 5.74) is 7.69. The number of hydrogen-bond acceptors (Lipinski definition) is 2. The van der Waals surface area contributed by atoms with Crippen molar-refractivity contribution in [1.29, 1.82) is 0 Å². The summed E-state index contributed by atoms with van der Waals surface area (Å²) in [6.07, 6.45) is 14.7. The van der Waals surface area contributed by atoms with E-state index in [0.29, 0.717) is 13.2 Å². The Morgan fingerprint density at radius 2 is 1.21 bits per heavy atom. The maximum absolute atomic E-state index is 6.53.